The lowest BCUT2D eigenvalue weighted by atomic mass is 10.4. The molecule has 1 fully saturated rings. The lowest BCUT2D eigenvalue weighted by Gasteiger charge is -2.09. The Hall–Kier alpha value is -0.770. The van der Waals surface area contributed by atoms with Gasteiger partial charge < -0.3 is 14.9 Å². The van der Waals surface area contributed by atoms with Gasteiger partial charge in [0.2, 0.25) is 0 Å². The van der Waals surface area contributed by atoms with Crippen LogP contribution in [0.25, 0.3) is 0 Å². The van der Waals surface area contributed by atoms with Gasteiger partial charge in [-0.15, -0.1) is 0 Å². The number of rotatable bonds is 0. The molecule has 0 aromatic rings. The second kappa shape index (κ2) is 4.39. The van der Waals surface area contributed by atoms with Gasteiger partial charge >= 0.3 is 6.16 Å². The van der Waals surface area contributed by atoms with E-state index in [1.165, 1.54) is 6.42 Å². The predicted molar refractivity (Wildman–Crippen MR) is 26.1 cm³/mol. The molecule has 1 heterocycles. The van der Waals surface area contributed by atoms with Crippen LogP contribution in [0.1, 0.15) is 6.42 Å². The lowest BCUT2D eigenvalue weighted by Crippen LogP contribution is -2.09. The van der Waals surface area contributed by atoms with Crippen molar-refractivity contribution in [3.8, 4) is 0 Å². The molecule has 0 atom stereocenters. The molecule has 1 aliphatic rings. The second-order valence-corrected chi connectivity index (χ2v) is 1.25. The fourth-order valence-corrected chi connectivity index (χ4v) is 0.144. The Kier molecular flexibility index (Phi) is 3.97. The summed E-state index contributed by atoms with van der Waals surface area (Å²) in [6.07, 6.45) is -0.556. The molecule has 4 nitrogen and oxygen atoms in total. The lowest BCUT2D eigenvalue weighted by molar-refractivity contribution is 0.0367. The summed E-state index contributed by atoms with van der Waals surface area (Å²) in [5, 5.41) is 13.9. The van der Waals surface area contributed by atoms with E-state index in [1.807, 2.05) is 0 Å². The second-order valence-electron chi connectivity index (χ2n) is 1.25. The topological polar surface area (TPSA) is 66.8 Å². The van der Waals surface area contributed by atoms with Crippen molar-refractivity contribution in [1.29, 1.82) is 0 Å². The third-order valence-corrected chi connectivity index (χ3v) is 0.577. The van der Waals surface area contributed by atoms with Crippen LogP contribution in [-0.2, 0) is 4.74 Å². The molecule has 48 valence electrons. The maximum atomic E-state index is 8.56. The van der Waals surface area contributed by atoms with Gasteiger partial charge in [-0.05, 0) is 6.42 Å². The maximum absolute atomic E-state index is 8.56. The van der Waals surface area contributed by atoms with Crippen molar-refractivity contribution in [3.05, 3.63) is 0 Å². The van der Waals surface area contributed by atoms with Crippen molar-refractivity contribution in [3.63, 3.8) is 0 Å². The molecule has 0 saturated carbocycles. The monoisotopic (exact) mass is 120 g/mol. The van der Waals surface area contributed by atoms with E-state index >= 15 is 0 Å². The van der Waals surface area contributed by atoms with Crippen molar-refractivity contribution in [2.24, 2.45) is 0 Å². The van der Waals surface area contributed by atoms with E-state index in [0.717, 1.165) is 13.2 Å². The van der Waals surface area contributed by atoms with Gasteiger partial charge in [0.25, 0.3) is 0 Å². The summed E-state index contributed by atoms with van der Waals surface area (Å²) < 4.78 is 4.72. The van der Waals surface area contributed by atoms with Crippen molar-refractivity contribution < 1.29 is 19.7 Å². The Labute approximate surface area is 46.7 Å². The highest BCUT2D eigenvalue weighted by molar-refractivity contribution is 5.53. The van der Waals surface area contributed by atoms with Crippen molar-refractivity contribution in [2.45, 2.75) is 6.42 Å². The van der Waals surface area contributed by atoms with E-state index < -0.39 is 6.16 Å². The predicted octanol–water partition coefficient (Wildman–Crippen LogP) is 0.629. The Morgan fingerprint density at radius 1 is 1.38 bits per heavy atom. The highest BCUT2D eigenvalue weighted by atomic mass is 16.6. The van der Waals surface area contributed by atoms with Crippen molar-refractivity contribution >= 4 is 6.16 Å². The summed E-state index contributed by atoms with van der Waals surface area (Å²) >= 11 is 0. The maximum Gasteiger partial charge on any atom is 0.503 e. The van der Waals surface area contributed by atoms with Gasteiger partial charge in [-0.1, -0.05) is 0 Å². The number of hydrogen-bond donors (Lipinski definition) is 2. The van der Waals surface area contributed by atoms with Gasteiger partial charge in [0.1, 0.15) is 0 Å². The third-order valence-electron chi connectivity index (χ3n) is 0.577. The molecule has 0 bridgehead atoms. The first-order valence-electron chi connectivity index (χ1n) is 2.23. The zero-order chi connectivity index (χ0) is 6.41. The number of ether oxygens (including phenoxy) is 1. The van der Waals surface area contributed by atoms with Crippen LogP contribution in [0.5, 0.6) is 0 Å². The normalized spacial score (nSPS) is 15.0. The summed E-state index contributed by atoms with van der Waals surface area (Å²) in [4.78, 5) is 8.56. The molecule has 1 aliphatic heterocycles. The first-order valence-corrected chi connectivity index (χ1v) is 2.23. The molecule has 0 radical (unpaired) electrons. The number of carboxylic acid groups (broad SMARTS) is 2. The summed E-state index contributed by atoms with van der Waals surface area (Å²) in [5.74, 6) is 0. The first-order chi connectivity index (χ1) is 3.73. The third kappa shape index (κ3) is 8.97. The highest BCUT2D eigenvalue weighted by Crippen LogP contribution is 1.93. The highest BCUT2D eigenvalue weighted by Gasteiger charge is 1.94. The van der Waals surface area contributed by atoms with Gasteiger partial charge in [-0.25, -0.2) is 4.79 Å². The molecule has 1 rings (SSSR count). The fraction of sp³-hybridized carbons (Fsp3) is 0.750. The van der Waals surface area contributed by atoms with Crippen LogP contribution >= 0.6 is 0 Å². The van der Waals surface area contributed by atoms with Crippen LogP contribution in [0.4, 0.5) is 4.79 Å². The standard InChI is InChI=1S/C3H6O.CH2O3/c1-2-4-3-1;2-1(3)4/h1-3H2;(H2,2,3,4). The van der Waals surface area contributed by atoms with Crippen LogP contribution in [-0.4, -0.2) is 29.6 Å². The fourth-order valence-electron chi connectivity index (χ4n) is 0.144. The zero-order valence-electron chi connectivity index (χ0n) is 4.33. The summed E-state index contributed by atoms with van der Waals surface area (Å²) in [5.41, 5.74) is 0. The molecule has 2 N–H and O–H groups in total. The Balaban J connectivity index is 0.000000122. The Bertz CT molecular complexity index is 58.4. The van der Waals surface area contributed by atoms with E-state index in [0.29, 0.717) is 0 Å². The first kappa shape index (κ1) is 7.23. The molecule has 0 unspecified atom stereocenters. The van der Waals surface area contributed by atoms with Gasteiger partial charge in [0.05, 0.1) is 0 Å². The molecular formula is C4H8O4. The van der Waals surface area contributed by atoms with Crippen LogP contribution < -0.4 is 0 Å². The average molecular weight is 120 g/mol. The van der Waals surface area contributed by atoms with Crippen molar-refractivity contribution in [2.75, 3.05) is 13.2 Å². The van der Waals surface area contributed by atoms with Crippen LogP contribution in [0, 0.1) is 0 Å². The summed E-state index contributed by atoms with van der Waals surface area (Å²) in [7, 11) is 0. The molecular weight excluding hydrogens is 112 g/mol. The minimum atomic E-state index is -1.83. The molecule has 8 heavy (non-hydrogen) atoms. The summed E-state index contributed by atoms with van der Waals surface area (Å²) in [6.45, 7) is 2.00. The minimum absolute atomic E-state index is 1.00. The average Bonchev–Trinajstić information content (AvgIpc) is 1.19. The van der Waals surface area contributed by atoms with Crippen molar-refractivity contribution in [1.82, 2.24) is 0 Å². The van der Waals surface area contributed by atoms with Crippen LogP contribution in [0.3, 0.4) is 0 Å². The van der Waals surface area contributed by atoms with E-state index in [4.69, 9.17) is 19.7 Å². The van der Waals surface area contributed by atoms with Gasteiger partial charge in [0.15, 0.2) is 0 Å². The minimum Gasteiger partial charge on any atom is -0.450 e. The SMILES string of the molecule is C1COC1.O=C(O)O. The quantitative estimate of drug-likeness (QED) is 0.492. The van der Waals surface area contributed by atoms with E-state index in [1.54, 1.807) is 0 Å². The zero-order valence-corrected chi connectivity index (χ0v) is 4.33. The molecule has 0 spiro atoms. The smallest absolute Gasteiger partial charge is 0.450 e. The van der Waals surface area contributed by atoms with Crippen LogP contribution in [0.2, 0.25) is 0 Å². The largest absolute Gasteiger partial charge is 0.503 e. The van der Waals surface area contributed by atoms with E-state index in [-0.39, 0.29) is 0 Å². The van der Waals surface area contributed by atoms with Crippen LogP contribution in [0.15, 0.2) is 0 Å². The Morgan fingerprint density at radius 3 is 1.50 bits per heavy atom. The molecule has 0 aromatic heterocycles. The Morgan fingerprint density at radius 2 is 1.50 bits per heavy atom. The number of hydrogen-bond acceptors (Lipinski definition) is 2. The molecule has 0 aliphatic carbocycles. The van der Waals surface area contributed by atoms with E-state index in [9.17, 15) is 0 Å². The molecule has 0 amide bonds. The van der Waals surface area contributed by atoms with Gasteiger partial charge in [0, 0.05) is 13.2 Å². The molecule has 0 aromatic carbocycles. The molecule has 4 heteroatoms. The summed E-state index contributed by atoms with van der Waals surface area (Å²) in [6, 6.07) is 0. The molecule has 1 saturated heterocycles. The van der Waals surface area contributed by atoms with Gasteiger partial charge in [-0.3, -0.25) is 0 Å². The van der Waals surface area contributed by atoms with Gasteiger partial charge in [-0.2, -0.15) is 0 Å². The van der Waals surface area contributed by atoms with E-state index in [2.05, 4.69) is 0 Å². The number of carbonyl (C=O) groups is 1.